The van der Waals surface area contributed by atoms with Crippen LogP contribution >= 0.6 is 0 Å². The third-order valence-electron chi connectivity index (χ3n) is 5.92. The summed E-state index contributed by atoms with van der Waals surface area (Å²) in [5, 5.41) is 11.9. The van der Waals surface area contributed by atoms with E-state index in [9.17, 15) is 9.18 Å². The van der Waals surface area contributed by atoms with E-state index in [0.29, 0.717) is 43.1 Å². The predicted octanol–water partition coefficient (Wildman–Crippen LogP) is 3.01. The average molecular weight is 453 g/mol. The van der Waals surface area contributed by atoms with Gasteiger partial charge in [0.25, 0.3) is 5.91 Å². The zero-order valence-electron chi connectivity index (χ0n) is 19.2. The van der Waals surface area contributed by atoms with Gasteiger partial charge in [-0.2, -0.15) is 0 Å². The first kappa shape index (κ1) is 22.8. The van der Waals surface area contributed by atoms with Crippen molar-refractivity contribution in [3.63, 3.8) is 0 Å². The van der Waals surface area contributed by atoms with E-state index in [4.69, 9.17) is 4.74 Å². The van der Waals surface area contributed by atoms with Gasteiger partial charge in [-0.3, -0.25) is 14.7 Å². The molecule has 3 heterocycles. The van der Waals surface area contributed by atoms with E-state index in [1.54, 1.807) is 43.6 Å². The Morgan fingerprint density at radius 1 is 1.18 bits per heavy atom. The quantitative estimate of drug-likeness (QED) is 0.593. The molecule has 2 aromatic heterocycles. The lowest BCUT2D eigenvalue weighted by molar-refractivity contribution is 0.0916. The maximum absolute atomic E-state index is 14.3. The summed E-state index contributed by atoms with van der Waals surface area (Å²) in [4.78, 5) is 19.1. The molecule has 33 heavy (non-hydrogen) atoms. The minimum Gasteiger partial charge on any atom is -0.497 e. The molecular weight excluding hydrogens is 423 g/mol. The second-order valence-electron chi connectivity index (χ2n) is 8.52. The molecule has 0 fully saturated rings. The van der Waals surface area contributed by atoms with Crippen LogP contribution < -0.4 is 10.1 Å². The van der Waals surface area contributed by atoms with E-state index in [0.717, 1.165) is 18.2 Å². The Morgan fingerprint density at radius 3 is 2.76 bits per heavy atom. The topological polar surface area (TPSA) is 85.2 Å². The molecular formula is C24H29FN6O2. The van der Waals surface area contributed by atoms with Gasteiger partial charge in [0.05, 0.1) is 13.2 Å². The van der Waals surface area contributed by atoms with Crippen LogP contribution in [0.5, 0.6) is 5.75 Å². The van der Waals surface area contributed by atoms with Gasteiger partial charge in [-0.1, -0.05) is 19.9 Å². The van der Waals surface area contributed by atoms with Crippen LogP contribution in [0.1, 0.15) is 47.6 Å². The van der Waals surface area contributed by atoms with Crippen LogP contribution in [0.2, 0.25) is 0 Å². The second-order valence-corrected chi connectivity index (χ2v) is 8.52. The monoisotopic (exact) mass is 452 g/mol. The maximum Gasteiger partial charge on any atom is 0.270 e. The fourth-order valence-corrected chi connectivity index (χ4v) is 4.06. The van der Waals surface area contributed by atoms with E-state index < -0.39 is 0 Å². The van der Waals surface area contributed by atoms with Crippen molar-refractivity contribution in [3.05, 3.63) is 71.3 Å². The number of amides is 1. The Labute approximate surface area is 192 Å². The van der Waals surface area contributed by atoms with E-state index in [2.05, 4.69) is 30.0 Å². The number of hydrogen-bond donors (Lipinski definition) is 1. The Balaban J connectivity index is 1.49. The zero-order valence-corrected chi connectivity index (χ0v) is 19.2. The lowest BCUT2D eigenvalue weighted by Gasteiger charge is -2.23. The highest BCUT2D eigenvalue weighted by molar-refractivity contribution is 5.92. The van der Waals surface area contributed by atoms with Crippen molar-refractivity contribution in [1.29, 1.82) is 0 Å². The minimum atomic E-state index is -0.303. The van der Waals surface area contributed by atoms with Gasteiger partial charge in [0.2, 0.25) is 0 Å². The first-order valence-electron chi connectivity index (χ1n) is 11.1. The molecule has 1 aromatic carbocycles. The highest BCUT2D eigenvalue weighted by Crippen LogP contribution is 2.24. The van der Waals surface area contributed by atoms with Crippen LogP contribution in [0.25, 0.3) is 0 Å². The number of nitrogens with zero attached hydrogens (tertiary/aromatic N) is 5. The standard InChI is InChI=1S/C24H29FN6O2/c1-16(2)22(27-24(32)20-6-4-5-10-26-20)23-29-28-21-9-11-30(12-13-31(21)23)15-17-14-18(33-3)7-8-19(17)25/h4-8,10,14,16,22H,9,11-13,15H2,1-3H3,(H,27,32)/t22-/m1/s1. The summed E-state index contributed by atoms with van der Waals surface area (Å²) in [6.45, 7) is 6.68. The third-order valence-corrected chi connectivity index (χ3v) is 5.92. The van der Waals surface area contributed by atoms with Crippen molar-refractivity contribution in [2.75, 3.05) is 20.2 Å². The molecule has 174 valence electrons. The Hall–Kier alpha value is -3.33. The molecule has 0 spiro atoms. The Morgan fingerprint density at radius 2 is 2.03 bits per heavy atom. The van der Waals surface area contributed by atoms with Crippen LogP contribution in [0.4, 0.5) is 4.39 Å². The van der Waals surface area contributed by atoms with Gasteiger partial charge in [-0.05, 0) is 36.2 Å². The van der Waals surface area contributed by atoms with Crippen LogP contribution in [0.15, 0.2) is 42.6 Å². The van der Waals surface area contributed by atoms with Gasteiger partial charge in [0.15, 0.2) is 5.82 Å². The van der Waals surface area contributed by atoms with Crippen molar-refractivity contribution in [1.82, 2.24) is 30.0 Å². The van der Waals surface area contributed by atoms with Crippen LogP contribution in [0.3, 0.4) is 0 Å². The van der Waals surface area contributed by atoms with Crippen LogP contribution in [0, 0.1) is 11.7 Å². The highest BCUT2D eigenvalue weighted by Gasteiger charge is 2.28. The molecule has 0 saturated heterocycles. The van der Waals surface area contributed by atoms with E-state index in [-0.39, 0.29) is 23.7 Å². The number of hydrogen-bond acceptors (Lipinski definition) is 6. The second kappa shape index (κ2) is 10.1. The van der Waals surface area contributed by atoms with Crippen molar-refractivity contribution in [2.45, 2.75) is 39.4 Å². The molecule has 3 aromatic rings. The number of halogens is 1. The number of aromatic nitrogens is 4. The summed E-state index contributed by atoms with van der Waals surface area (Å²) < 4.78 is 21.7. The van der Waals surface area contributed by atoms with Crippen LogP contribution in [-0.4, -0.2) is 50.8 Å². The number of pyridine rings is 1. The fraction of sp³-hybridized carbons (Fsp3) is 0.417. The Bertz CT molecular complexity index is 1100. The predicted molar refractivity (Wildman–Crippen MR) is 121 cm³/mol. The molecule has 1 atom stereocenters. The van der Waals surface area contributed by atoms with Gasteiger partial charge >= 0.3 is 0 Å². The number of ether oxygens (including phenoxy) is 1. The molecule has 9 heteroatoms. The molecule has 1 aliphatic heterocycles. The fourth-order valence-electron chi connectivity index (χ4n) is 4.06. The summed E-state index contributed by atoms with van der Waals surface area (Å²) in [6.07, 6.45) is 2.29. The summed E-state index contributed by atoms with van der Waals surface area (Å²) in [6, 6.07) is 9.76. The Kier molecular flexibility index (Phi) is 6.98. The van der Waals surface area contributed by atoms with Crippen molar-refractivity contribution in [3.8, 4) is 5.75 Å². The average Bonchev–Trinajstić information content (AvgIpc) is 3.12. The smallest absolute Gasteiger partial charge is 0.270 e. The number of nitrogens with one attached hydrogen (secondary N) is 1. The van der Waals surface area contributed by atoms with Gasteiger partial charge in [0, 0.05) is 44.4 Å². The number of rotatable bonds is 7. The van der Waals surface area contributed by atoms with Gasteiger partial charge in [0.1, 0.15) is 23.1 Å². The van der Waals surface area contributed by atoms with Gasteiger partial charge in [-0.25, -0.2) is 4.39 Å². The number of carbonyl (C=O) groups is 1. The van der Waals surface area contributed by atoms with E-state index in [1.165, 1.54) is 6.07 Å². The van der Waals surface area contributed by atoms with Gasteiger partial charge < -0.3 is 14.6 Å². The largest absolute Gasteiger partial charge is 0.497 e. The van der Waals surface area contributed by atoms with Crippen LogP contribution in [-0.2, 0) is 19.5 Å². The van der Waals surface area contributed by atoms with Gasteiger partial charge in [-0.15, -0.1) is 10.2 Å². The van der Waals surface area contributed by atoms with Crippen molar-refractivity contribution < 1.29 is 13.9 Å². The van der Waals surface area contributed by atoms with Crippen molar-refractivity contribution in [2.24, 2.45) is 5.92 Å². The molecule has 4 rings (SSSR count). The highest BCUT2D eigenvalue weighted by atomic mass is 19.1. The normalized spacial score (nSPS) is 15.1. The lowest BCUT2D eigenvalue weighted by Crippen LogP contribution is -2.34. The number of fused-ring (bicyclic) bond motifs is 1. The molecule has 0 saturated carbocycles. The molecule has 1 amide bonds. The number of methoxy groups -OCH3 is 1. The molecule has 8 nitrogen and oxygen atoms in total. The number of benzene rings is 1. The van der Waals surface area contributed by atoms with E-state index in [1.807, 2.05) is 13.8 Å². The molecule has 0 bridgehead atoms. The third kappa shape index (κ3) is 5.19. The summed E-state index contributed by atoms with van der Waals surface area (Å²) in [7, 11) is 1.58. The minimum absolute atomic E-state index is 0.108. The summed E-state index contributed by atoms with van der Waals surface area (Å²) in [5.74, 6) is 1.88. The molecule has 0 aliphatic carbocycles. The molecule has 1 aliphatic rings. The molecule has 0 radical (unpaired) electrons. The molecule has 1 N–H and O–H groups in total. The van der Waals surface area contributed by atoms with E-state index >= 15 is 0 Å². The SMILES string of the molecule is COc1ccc(F)c(CN2CCc3nnc([C@H](NC(=O)c4ccccn4)C(C)C)n3CC2)c1. The summed E-state index contributed by atoms with van der Waals surface area (Å²) in [5.41, 5.74) is 0.972. The molecule has 0 unspecified atom stereocenters. The lowest BCUT2D eigenvalue weighted by atomic mass is 10.0. The zero-order chi connectivity index (χ0) is 23.4. The first-order valence-corrected chi connectivity index (χ1v) is 11.1. The van der Waals surface area contributed by atoms with Crippen molar-refractivity contribution >= 4 is 5.91 Å². The maximum atomic E-state index is 14.3. The number of carbonyl (C=O) groups excluding carboxylic acids is 1. The first-order chi connectivity index (χ1) is 16.0. The summed E-state index contributed by atoms with van der Waals surface area (Å²) >= 11 is 0.